The first-order valence-corrected chi connectivity index (χ1v) is 5.69. The summed E-state index contributed by atoms with van der Waals surface area (Å²) in [5.74, 6) is -3.55. The number of hydrogen-bond donors (Lipinski definition) is 1. The van der Waals surface area contributed by atoms with Crippen LogP contribution in [0.3, 0.4) is 0 Å². The van der Waals surface area contributed by atoms with E-state index in [-0.39, 0.29) is 22.6 Å². The van der Waals surface area contributed by atoms with Crippen LogP contribution in [0, 0.1) is 18.6 Å². The molecule has 1 heterocycles. The van der Waals surface area contributed by atoms with Crippen LogP contribution in [0.5, 0.6) is 5.75 Å². The van der Waals surface area contributed by atoms with Gasteiger partial charge in [0.25, 0.3) is 0 Å². The number of rotatable bonds is 3. The lowest BCUT2D eigenvalue weighted by atomic mass is 10.0. The second-order valence-electron chi connectivity index (χ2n) is 4.09. The van der Waals surface area contributed by atoms with Gasteiger partial charge in [-0.15, -0.1) is 0 Å². The van der Waals surface area contributed by atoms with Crippen LogP contribution >= 0.6 is 0 Å². The Morgan fingerprint density at radius 2 is 1.95 bits per heavy atom. The summed E-state index contributed by atoms with van der Waals surface area (Å²) in [5.41, 5.74) is -0.200. The number of ether oxygens (including phenoxy) is 1. The lowest BCUT2D eigenvalue weighted by Crippen LogP contribution is -2.05. The maximum atomic E-state index is 14.0. The Balaban J connectivity index is 2.83. The van der Waals surface area contributed by atoms with Crippen molar-refractivity contribution in [3.8, 4) is 17.0 Å². The van der Waals surface area contributed by atoms with E-state index in [1.54, 1.807) is 6.92 Å². The number of carbonyl (C=O) groups is 1. The zero-order valence-electron chi connectivity index (χ0n) is 10.8. The molecule has 0 amide bonds. The van der Waals surface area contributed by atoms with E-state index in [4.69, 9.17) is 9.84 Å². The van der Waals surface area contributed by atoms with E-state index < -0.39 is 17.6 Å². The Labute approximate surface area is 113 Å². The monoisotopic (exact) mass is 279 g/mol. The van der Waals surface area contributed by atoms with Crippen LogP contribution in [0.15, 0.2) is 24.3 Å². The van der Waals surface area contributed by atoms with Gasteiger partial charge < -0.3 is 9.84 Å². The molecule has 20 heavy (non-hydrogen) atoms. The molecule has 0 fully saturated rings. The van der Waals surface area contributed by atoms with Gasteiger partial charge in [0.15, 0.2) is 11.6 Å². The fourth-order valence-electron chi connectivity index (χ4n) is 1.84. The van der Waals surface area contributed by atoms with Crippen molar-refractivity contribution in [3.63, 3.8) is 0 Å². The summed E-state index contributed by atoms with van der Waals surface area (Å²) in [6, 6.07) is 4.91. The zero-order valence-corrected chi connectivity index (χ0v) is 10.8. The van der Waals surface area contributed by atoms with Crippen molar-refractivity contribution in [2.75, 3.05) is 7.11 Å². The average Bonchev–Trinajstić information content (AvgIpc) is 2.41. The van der Waals surface area contributed by atoms with Gasteiger partial charge in [-0.25, -0.2) is 13.6 Å². The number of aromatic carboxylic acids is 1. The topological polar surface area (TPSA) is 59.4 Å². The number of aryl methyl sites for hydroxylation is 1. The highest BCUT2D eigenvalue weighted by Crippen LogP contribution is 2.34. The number of carboxylic acids is 1. The first-order valence-electron chi connectivity index (χ1n) is 5.69. The largest absolute Gasteiger partial charge is 0.496 e. The smallest absolute Gasteiger partial charge is 0.337 e. The summed E-state index contributed by atoms with van der Waals surface area (Å²) in [6.45, 7) is 1.62. The molecular formula is C14H11F2NO3. The minimum absolute atomic E-state index is 0.0181. The molecule has 0 unspecified atom stereocenters. The van der Waals surface area contributed by atoms with Gasteiger partial charge in [0.2, 0.25) is 0 Å². The van der Waals surface area contributed by atoms with Crippen LogP contribution in [0.2, 0.25) is 0 Å². The van der Waals surface area contributed by atoms with E-state index >= 15 is 0 Å². The molecule has 0 atom stereocenters. The molecule has 0 bridgehead atoms. The molecule has 104 valence electrons. The van der Waals surface area contributed by atoms with Gasteiger partial charge in [-0.3, -0.25) is 4.98 Å². The molecule has 4 nitrogen and oxygen atoms in total. The zero-order chi connectivity index (χ0) is 14.9. The van der Waals surface area contributed by atoms with Crippen LogP contribution in [-0.4, -0.2) is 23.2 Å². The Morgan fingerprint density at radius 3 is 2.55 bits per heavy atom. The van der Waals surface area contributed by atoms with Gasteiger partial charge in [-0.05, 0) is 31.2 Å². The Kier molecular flexibility index (Phi) is 3.65. The molecule has 0 aliphatic carbocycles. The predicted octanol–water partition coefficient (Wildman–Crippen LogP) is 3.04. The Hall–Kier alpha value is -2.50. The van der Waals surface area contributed by atoms with Crippen molar-refractivity contribution in [1.82, 2.24) is 4.98 Å². The van der Waals surface area contributed by atoms with Crippen LogP contribution in [0.25, 0.3) is 11.3 Å². The SMILES string of the molecule is COc1ccc(F)c(F)c1-c1nc(C)ccc1C(=O)O. The van der Waals surface area contributed by atoms with Crippen molar-refractivity contribution in [2.45, 2.75) is 6.92 Å². The lowest BCUT2D eigenvalue weighted by molar-refractivity contribution is 0.0697. The summed E-state index contributed by atoms with van der Waals surface area (Å²) < 4.78 is 32.4. The molecule has 6 heteroatoms. The molecule has 0 saturated heterocycles. The van der Waals surface area contributed by atoms with Gasteiger partial charge in [0.05, 0.1) is 23.9 Å². The molecule has 1 aromatic carbocycles. The van der Waals surface area contributed by atoms with Crippen LogP contribution in [-0.2, 0) is 0 Å². The second kappa shape index (κ2) is 5.24. The van der Waals surface area contributed by atoms with Crippen molar-refractivity contribution < 1.29 is 23.4 Å². The lowest BCUT2D eigenvalue weighted by Gasteiger charge is -2.12. The van der Waals surface area contributed by atoms with Gasteiger partial charge >= 0.3 is 5.97 Å². The summed E-state index contributed by atoms with van der Waals surface area (Å²) in [7, 11) is 1.28. The third-order valence-corrected chi connectivity index (χ3v) is 2.78. The number of aromatic nitrogens is 1. The molecule has 2 aromatic rings. The summed E-state index contributed by atoms with van der Waals surface area (Å²) in [6.07, 6.45) is 0. The third kappa shape index (κ3) is 2.32. The molecule has 0 spiro atoms. The first kappa shape index (κ1) is 13.9. The summed E-state index contributed by atoms with van der Waals surface area (Å²) >= 11 is 0. The van der Waals surface area contributed by atoms with Crippen LogP contribution in [0.1, 0.15) is 16.1 Å². The highest BCUT2D eigenvalue weighted by atomic mass is 19.2. The van der Waals surface area contributed by atoms with E-state index in [1.807, 2.05) is 0 Å². The normalized spacial score (nSPS) is 10.4. The molecule has 0 saturated carbocycles. The maximum absolute atomic E-state index is 14.0. The van der Waals surface area contributed by atoms with Crippen molar-refractivity contribution in [2.24, 2.45) is 0 Å². The highest BCUT2D eigenvalue weighted by molar-refractivity contribution is 5.95. The number of hydrogen-bond acceptors (Lipinski definition) is 3. The van der Waals surface area contributed by atoms with E-state index in [2.05, 4.69) is 4.98 Å². The summed E-state index contributed by atoms with van der Waals surface area (Å²) in [5, 5.41) is 9.14. The molecule has 2 rings (SSSR count). The fourth-order valence-corrected chi connectivity index (χ4v) is 1.84. The van der Waals surface area contributed by atoms with Gasteiger partial charge in [-0.1, -0.05) is 0 Å². The molecule has 0 aliphatic rings. The minimum atomic E-state index is -1.28. The first-order chi connectivity index (χ1) is 9.45. The summed E-state index contributed by atoms with van der Waals surface area (Å²) in [4.78, 5) is 15.2. The van der Waals surface area contributed by atoms with Gasteiger partial charge in [0, 0.05) is 5.69 Å². The Morgan fingerprint density at radius 1 is 1.25 bits per heavy atom. The molecular weight excluding hydrogens is 268 g/mol. The second-order valence-corrected chi connectivity index (χ2v) is 4.09. The number of halogens is 2. The van der Waals surface area contributed by atoms with E-state index in [0.717, 1.165) is 6.07 Å². The average molecular weight is 279 g/mol. The van der Waals surface area contributed by atoms with Crippen molar-refractivity contribution in [3.05, 3.63) is 47.2 Å². The molecule has 0 aliphatic heterocycles. The molecule has 1 N–H and O–H groups in total. The standard InChI is InChI=1S/C14H11F2NO3/c1-7-3-4-8(14(18)19)13(17-7)11-10(20-2)6-5-9(15)12(11)16/h3-6H,1-2H3,(H,18,19). The number of pyridine rings is 1. The van der Waals surface area contributed by atoms with E-state index in [9.17, 15) is 13.6 Å². The Bertz CT molecular complexity index is 686. The van der Waals surface area contributed by atoms with Crippen molar-refractivity contribution >= 4 is 5.97 Å². The van der Waals surface area contributed by atoms with E-state index in [1.165, 1.54) is 25.3 Å². The van der Waals surface area contributed by atoms with Gasteiger partial charge in [-0.2, -0.15) is 0 Å². The quantitative estimate of drug-likeness (QED) is 0.938. The van der Waals surface area contributed by atoms with Gasteiger partial charge in [0.1, 0.15) is 5.75 Å². The molecule has 1 aromatic heterocycles. The highest BCUT2D eigenvalue weighted by Gasteiger charge is 2.23. The number of nitrogens with zero attached hydrogens (tertiary/aromatic N) is 1. The number of methoxy groups -OCH3 is 1. The third-order valence-electron chi connectivity index (χ3n) is 2.78. The number of benzene rings is 1. The fraction of sp³-hybridized carbons (Fsp3) is 0.143. The number of carboxylic acid groups (broad SMARTS) is 1. The predicted molar refractivity (Wildman–Crippen MR) is 67.8 cm³/mol. The minimum Gasteiger partial charge on any atom is -0.496 e. The van der Waals surface area contributed by atoms with E-state index in [0.29, 0.717) is 5.69 Å². The maximum Gasteiger partial charge on any atom is 0.337 e. The molecule has 0 radical (unpaired) electrons. The van der Waals surface area contributed by atoms with Crippen LogP contribution in [0.4, 0.5) is 8.78 Å². The van der Waals surface area contributed by atoms with Crippen molar-refractivity contribution in [1.29, 1.82) is 0 Å². The van der Waals surface area contributed by atoms with Crippen LogP contribution < -0.4 is 4.74 Å².